The summed E-state index contributed by atoms with van der Waals surface area (Å²) in [4.78, 5) is 32.6. The molecule has 0 radical (unpaired) electrons. The van der Waals surface area contributed by atoms with Crippen molar-refractivity contribution in [3.63, 3.8) is 0 Å². The SMILES string of the molecule is C=CC(=O)NCCCC(CC(C)=O)OC(C)=O. The van der Waals surface area contributed by atoms with Gasteiger partial charge in [-0.1, -0.05) is 6.58 Å². The first kappa shape index (κ1) is 15.3. The van der Waals surface area contributed by atoms with Gasteiger partial charge < -0.3 is 10.1 Å². The Bertz CT molecular complexity index is 283. The van der Waals surface area contributed by atoms with Crippen LogP contribution in [0, 0.1) is 0 Å². The average molecular weight is 241 g/mol. The molecule has 0 saturated carbocycles. The van der Waals surface area contributed by atoms with E-state index < -0.39 is 12.1 Å². The van der Waals surface area contributed by atoms with Crippen molar-refractivity contribution in [3.8, 4) is 0 Å². The van der Waals surface area contributed by atoms with Crippen LogP contribution in [0.3, 0.4) is 0 Å². The van der Waals surface area contributed by atoms with Gasteiger partial charge in [-0.3, -0.25) is 14.4 Å². The second-order valence-electron chi connectivity index (χ2n) is 3.77. The predicted molar refractivity (Wildman–Crippen MR) is 63.3 cm³/mol. The maximum atomic E-state index is 10.9. The highest BCUT2D eigenvalue weighted by Crippen LogP contribution is 2.07. The van der Waals surface area contributed by atoms with Gasteiger partial charge in [0.25, 0.3) is 0 Å². The molecule has 0 aliphatic heterocycles. The van der Waals surface area contributed by atoms with Crippen LogP contribution in [0.15, 0.2) is 12.7 Å². The van der Waals surface area contributed by atoms with E-state index in [4.69, 9.17) is 4.74 Å². The van der Waals surface area contributed by atoms with E-state index in [1.165, 1.54) is 19.9 Å². The second kappa shape index (κ2) is 8.50. The predicted octanol–water partition coefficient (Wildman–Crippen LogP) is 0.980. The molecule has 96 valence electrons. The minimum Gasteiger partial charge on any atom is -0.462 e. The van der Waals surface area contributed by atoms with Gasteiger partial charge in [-0.25, -0.2) is 0 Å². The second-order valence-corrected chi connectivity index (χ2v) is 3.77. The fraction of sp³-hybridized carbons (Fsp3) is 0.583. The zero-order chi connectivity index (χ0) is 13.3. The molecule has 0 aliphatic rings. The number of ketones is 1. The highest BCUT2D eigenvalue weighted by molar-refractivity contribution is 5.86. The molecule has 1 N–H and O–H groups in total. The van der Waals surface area contributed by atoms with E-state index in [1.807, 2.05) is 0 Å². The van der Waals surface area contributed by atoms with Crippen LogP contribution >= 0.6 is 0 Å². The van der Waals surface area contributed by atoms with Crippen LogP contribution in [0.25, 0.3) is 0 Å². The van der Waals surface area contributed by atoms with Crippen molar-refractivity contribution >= 4 is 17.7 Å². The van der Waals surface area contributed by atoms with Gasteiger partial charge in [0, 0.05) is 19.9 Å². The van der Waals surface area contributed by atoms with Crippen molar-refractivity contribution < 1.29 is 19.1 Å². The molecule has 0 spiro atoms. The fourth-order valence-electron chi connectivity index (χ4n) is 1.37. The molecule has 0 aromatic heterocycles. The van der Waals surface area contributed by atoms with E-state index in [-0.39, 0.29) is 18.1 Å². The molecule has 1 atom stereocenters. The molecular formula is C12H19NO4. The van der Waals surface area contributed by atoms with E-state index in [1.54, 1.807) is 0 Å². The molecule has 1 unspecified atom stereocenters. The van der Waals surface area contributed by atoms with Gasteiger partial charge in [-0.15, -0.1) is 0 Å². The van der Waals surface area contributed by atoms with Crippen molar-refractivity contribution in [2.75, 3.05) is 6.54 Å². The minimum atomic E-state index is -0.398. The summed E-state index contributed by atoms with van der Waals surface area (Å²) in [6, 6.07) is 0. The number of esters is 1. The molecule has 5 nitrogen and oxygen atoms in total. The van der Waals surface area contributed by atoms with E-state index in [9.17, 15) is 14.4 Å². The molecule has 0 aromatic carbocycles. The molecule has 0 aliphatic carbocycles. The number of carbonyl (C=O) groups excluding carboxylic acids is 3. The van der Waals surface area contributed by atoms with Crippen molar-refractivity contribution in [1.82, 2.24) is 5.32 Å². The molecule has 0 fully saturated rings. The van der Waals surface area contributed by atoms with Crippen molar-refractivity contribution in [2.45, 2.75) is 39.2 Å². The molecule has 5 heteroatoms. The number of nitrogens with one attached hydrogen (secondary N) is 1. The molecule has 0 rings (SSSR count). The van der Waals surface area contributed by atoms with Crippen LogP contribution in [0.4, 0.5) is 0 Å². The van der Waals surface area contributed by atoms with E-state index in [0.29, 0.717) is 19.4 Å². The third-order valence-corrected chi connectivity index (χ3v) is 2.04. The van der Waals surface area contributed by atoms with Crippen LogP contribution < -0.4 is 5.32 Å². The van der Waals surface area contributed by atoms with Crippen molar-refractivity contribution in [1.29, 1.82) is 0 Å². The average Bonchev–Trinajstić information content (AvgIpc) is 2.22. The lowest BCUT2D eigenvalue weighted by Gasteiger charge is -2.15. The van der Waals surface area contributed by atoms with Gasteiger partial charge in [0.05, 0.1) is 0 Å². The monoisotopic (exact) mass is 241 g/mol. The third kappa shape index (κ3) is 9.29. The largest absolute Gasteiger partial charge is 0.462 e. The quantitative estimate of drug-likeness (QED) is 0.390. The normalized spacial score (nSPS) is 11.4. The number of carbonyl (C=O) groups is 3. The number of hydrogen-bond acceptors (Lipinski definition) is 4. The van der Waals surface area contributed by atoms with Gasteiger partial charge in [-0.2, -0.15) is 0 Å². The smallest absolute Gasteiger partial charge is 0.302 e. The summed E-state index contributed by atoms with van der Waals surface area (Å²) < 4.78 is 5.00. The maximum Gasteiger partial charge on any atom is 0.302 e. The lowest BCUT2D eigenvalue weighted by molar-refractivity contribution is -0.147. The molecule has 0 saturated heterocycles. The van der Waals surface area contributed by atoms with Crippen molar-refractivity contribution in [2.24, 2.45) is 0 Å². The molecule has 0 heterocycles. The standard InChI is InChI=1S/C12H19NO4/c1-4-12(16)13-7-5-6-11(8-9(2)14)17-10(3)15/h4,11H,1,5-8H2,2-3H3,(H,13,16). The Morgan fingerprint density at radius 1 is 1.35 bits per heavy atom. The summed E-state index contributed by atoms with van der Waals surface area (Å²) in [5, 5.41) is 2.61. The van der Waals surface area contributed by atoms with E-state index >= 15 is 0 Å². The van der Waals surface area contributed by atoms with Gasteiger partial charge in [0.15, 0.2) is 0 Å². The van der Waals surface area contributed by atoms with E-state index in [0.717, 1.165) is 0 Å². The summed E-state index contributed by atoms with van der Waals surface area (Å²) in [5.41, 5.74) is 0. The fourth-order valence-corrected chi connectivity index (χ4v) is 1.37. The van der Waals surface area contributed by atoms with Crippen molar-refractivity contribution in [3.05, 3.63) is 12.7 Å². The van der Waals surface area contributed by atoms with Gasteiger partial charge >= 0.3 is 5.97 Å². The number of rotatable bonds is 8. The first-order valence-electron chi connectivity index (χ1n) is 5.52. The van der Waals surface area contributed by atoms with Gasteiger partial charge in [0.1, 0.15) is 11.9 Å². The first-order chi connectivity index (χ1) is 7.95. The Kier molecular flexibility index (Phi) is 7.67. The number of amides is 1. The Morgan fingerprint density at radius 3 is 2.47 bits per heavy atom. The lowest BCUT2D eigenvalue weighted by Crippen LogP contribution is -2.25. The molecule has 17 heavy (non-hydrogen) atoms. The number of Topliss-reactive ketones (excluding diaryl/α,β-unsaturated/α-hetero) is 1. The summed E-state index contributed by atoms with van der Waals surface area (Å²) >= 11 is 0. The minimum absolute atomic E-state index is 0.0219. The summed E-state index contributed by atoms with van der Waals surface area (Å²) in [6.07, 6.45) is 2.21. The topological polar surface area (TPSA) is 72.5 Å². The van der Waals surface area contributed by atoms with Crippen LogP contribution in [0.5, 0.6) is 0 Å². The first-order valence-corrected chi connectivity index (χ1v) is 5.52. The van der Waals surface area contributed by atoms with E-state index in [2.05, 4.69) is 11.9 Å². The van der Waals surface area contributed by atoms with Crippen LogP contribution in [0.1, 0.15) is 33.1 Å². The molecule has 0 bridgehead atoms. The Balaban J connectivity index is 3.90. The highest BCUT2D eigenvalue weighted by Gasteiger charge is 2.14. The number of ether oxygens (including phenoxy) is 1. The lowest BCUT2D eigenvalue weighted by atomic mass is 10.1. The van der Waals surface area contributed by atoms with Crippen LogP contribution in [-0.2, 0) is 19.1 Å². The Labute approximate surface area is 101 Å². The zero-order valence-corrected chi connectivity index (χ0v) is 10.3. The van der Waals surface area contributed by atoms with Crippen LogP contribution in [-0.4, -0.2) is 30.3 Å². The summed E-state index contributed by atoms with van der Waals surface area (Å²) in [6.45, 7) is 6.57. The zero-order valence-electron chi connectivity index (χ0n) is 10.3. The molecule has 0 aromatic rings. The van der Waals surface area contributed by atoms with Gasteiger partial charge in [-0.05, 0) is 25.8 Å². The van der Waals surface area contributed by atoms with Gasteiger partial charge in [0.2, 0.25) is 5.91 Å². The third-order valence-electron chi connectivity index (χ3n) is 2.04. The number of hydrogen-bond donors (Lipinski definition) is 1. The maximum absolute atomic E-state index is 10.9. The Morgan fingerprint density at radius 2 is 2.00 bits per heavy atom. The van der Waals surface area contributed by atoms with Crippen LogP contribution in [0.2, 0.25) is 0 Å². The highest BCUT2D eigenvalue weighted by atomic mass is 16.5. The summed E-state index contributed by atoms with van der Waals surface area (Å²) in [5.74, 6) is -0.654. The molecular weight excluding hydrogens is 222 g/mol. The Hall–Kier alpha value is -1.65. The summed E-state index contributed by atoms with van der Waals surface area (Å²) in [7, 11) is 0. The molecule has 1 amide bonds.